The van der Waals surface area contributed by atoms with E-state index in [1.807, 2.05) is 0 Å². The van der Waals surface area contributed by atoms with Gasteiger partial charge in [0.1, 0.15) is 11.5 Å². The third kappa shape index (κ3) is 4.61. The van der Waals surface area contributed by atoms with Gasteiger partial charge in [-0.3, -0.25) is 14.9 Å². The Morgan fingerprint density at radius 1 is 1.00 bits per heavy atom. The van der Waals surface area contributed by atoms with Crippen molar-refractivity contribution in [2.75, 3.05) is 24.3 Å². The van der Waals surface area contributed by atoms with Crippen LogP contribution in [0.1, 0.15) is 6.92 Å². The fraction of sp³-hybridized carbons (Fsp3) is 0.316. The molecule has 2 aromatic rings. The summed E-state index contributed by atoms with van der Waals surface area (Å²) < 4.78 is 38.7. The number of rotatable bonds is 7. The van der Waals surface area contributed by atoms with E-state index < -0.39 is 33.3 Å². The molecule has 0 saturated carbocycles. The van der Waals surface area contributed by atoms with Crippen LogP contribution in [0.3, 0.4) is 0 Å². The van der Waals surface area contributed by atoms with Crippen LogP contribution in [0.25, 0.3) is 0 Å². The summed E-state index contributed by atoms with van der Waals surface area (Å²) in [6.45, 7) is 1.74. The van der Waals surface area contributed by atoms with Gasteiger partial charge in [-0.2, -0.15) is 0 Å². The van der Waals surface area contributed by atoms with Gasteiger partial charge in [-0.1, -0.05) is 12.1 Å². The molecule has 10 heteroatoms. The van der Waals surface area contributed by atoms with Crippen LogP contribution >= 0.6 is 0 Å². The number of sulfonamides is 1. The van der Waals surface area contributed by atoms with Crippen LogP contribution in [0.5, 0.6) is 11.5 Å². The second-order valence-electron chi connectivity index (χ2n) is 6.59. The van der Waals surface area contributed by atoms with Crippen molar-refractivity contribution in [1.29, 1.82) is 0 Å². The molecule has 0 radical (unpaired) electrons. The molecule has 1 fully saturated rings. The number of para-hydroxylation sites is 2. The second-order valence-corrected chi connectivity index (χ2v) is 8.39. The van der Waals surface area contributed by atoms with Crippen molar-refractivity contribution in [3.8, 4) is 11.5 Å². The highest BCUT2D eigenvalue weighted by molar-refractivity contribution is 7.93. The average molecular weight is 420 g/mol. The molecule has 3 unspecified atom stereocenters. The monoisotopic (exact) mass is 420 g/mol. The Hall–Kier alpha value is -2.82. The molecule has 1 aliphatic rings. The summed E-state index contributed by atoms with van der Waals surface area (Å²) in [5.41, 5.74) is 6.40. The first-order valence-electron chi connectivity index (χ1n) is 8.96. The predicted molar refractivity (Wildman–Crippen MR) is 110 cm³/mol. The number of carbonyl (C=O) groups excluding carboxylic acids is 1. The van der Waals surface area contributed by atoms with Crippen LogP contribution in [0.4, 0.5) is 11.4 Å². The lowest BCUT2D eigenvalue weighted by Gasteiger charge is -2.22. The number of methoxy groups -OCH3 is 2. The number of nitrogens with one attached hydrogen (secondary N) is 4. The third-order valence-electron chi connectivity index (χ3n) is 4.67. The normalized spacial score (nSPS) is 21.4. The zero-order valence-corrected chi connectivity index (χ0v) is 17.1. The minimum Gasteiger partial charge on any atom is -0.497 e. The second kappa shape index (κ2) is 8.68. The smallest absolute Gasteiger partial charge is 0.250 e. The van der Waals surface area contributed by atoms with Gasteiger partial charge in [0.15, 0.2) is 5.37 Å². The number of amides is 1. The molecule has 29 heavy (non-hydrogen) atoms. The molecule has 0 aliphatic carbocycles. The van der Waals surface area contributed by atoms with Gasteiger partial charge in [-0.25, -0.2) is 13.8 Å². The maximum atomic E-state index is 12.9. The lowest BCUT2D eigenvalue weighted by atomic mass is 10.0. The van der Waals surface area contributed by atoms with Gasteiger partial charge < -0.3 is 14.8 Å². The number of anilines is 2. The standard InChI is InChI=1S/C19H24N4O5S/c1-12-17(18(24)20-15-6-4-5-7-16(15)28-3)19(22-21-12)29(25,26)23-13-8-10-14(27-2)11-9-13/h4-12,17,19,21-23H,1-3H3,(H,20,24). The van der Waals surface area contributed by atoms with E-state index in [1.165, 1.54) is 14.2 Å². The Bertz CT molecular complexity index is 965. The molecular formula is C19H24N4O5S. The molecule has 2 aromatic carbocycles. The first-order chi connectivity index (χ1) is 13.9. The number of carbonyl (C=O) groups is 1. The van der Waals surface area contributed by atoms with Gasteiger partial charge in [-0.15, -0.1) is 0 Å². The largest absolute Gasteiger partial charge is 0.497 e. The zero-order valence-electron chi connectivity index (χ0n) is 16.3. The first-order valence-corrected chi connectivity index (χ1v) is 10.5. The van der Waals surface area contributed by atoms with E-state index in [4.69, 9.17) is 9.47 Å². The minimum atomic E-state index is -3.92. The highest BCUT2D eigenvalue weighted by Crippen LogP contribution is 2.27. The number of hydrazine groups is 1. The molecule has 0 aromatic heterocycles. The summed E-state index contributed by atoms with van der Waals surface area (Å²) in [6.07, 6.45) is 0. The highest BCUT2D eigenvalue weighted by Gasteiger charge is 2.46. The van der Waals surface area contributed by atoms with Crippen LogP contribution in [0.15, 0.2) is 48.5 Å². The lowest BCUT2D eigenvalue weighted by molar-refractivity contribution is -0.119. The first kappa shape index (κ1) is 20.9. The highest BCUT2D eigenvalue weighted by atomic mass is 32.2. The molecule has 1 heterocycles. The number of benzene rings is 2. The molecular weight excluding hydrogens is 396 g/mol. The fourth-order valence-electron chi connectivity index (χ4n) is 3.14. The van der Waals surface area contributed by atoms with Gasteiger partial charge in [0.25, 0.3) is 10.0 Å². The van der Waals surface area contributed by atoms with Crippen LogP contribution in [-0.4, -0.2) is 40.0 Å². The molecule has 9 nitrogen and oxygen atoms in total. The number of ether oxygens (including phenoxy) is 2. The van der Waals surface area contributed by atoms with Crippen LogP contribution in [0, 0.1) is 5.92 Å². The predicted octanol–water partition coefficient (Wildman–Crippen LogP) is 1.52. The topological polar surface area (TPSA) is 118 Å². The summed E-state index contributed by atoms with van der Waals surface area (Å²) in [7, 11) is -0.898. The Balaban J connectivity index is 1.79. The summed E-state index contributed by atoms with van der Waals surface area (Å²) >= 11 is 0. The molecule has 1 aliphatic heterocycles. The maximum absolute atomic E-state index is 12.9. The maximum Gasteiger partial charge on any atom is 0.250 e. The van der Waals surface area contributed by atoms with E-state index in [1.54, 1.807) is 55.5 Å². The summed E-state index contributed by atoms with van der Waals surface area (Å²) in [6, 6.07) is 13.0. The summed E-state index contributed by atoms with van der Waals surface area (Å²) in [5.74, 6) is -0.222. The van der Waals surface area contributed by atoms with Gasteiger partial charge in [0, 0.05) is 11.7 Å². The van der Waals surface area contributed by atoms with Crippen molar-refractivity contribution < 1.29 is 22.7 Å². The van der Waals surface area contributed by atoms with Gasteiger partial charge >= 0.3 is 0 Å². The van der Waals surface area contributed by atoms with Crippen molar-refractivity contribution in [2.24, 2.45) is 5.92 Å². The van der Waals surface area contributed by atoms with E-state index in [0.717, 1.165) is 0 Å². The Labute approximate surface area is 169 Å². The SMILES string of the molecule is COc1ccc(NS(=O)(=O)C2NNC(C)C2C(=O)Nc2ccccc2OC)cc1. The molecule has 1 saturated heterocycles. The quantitative estimate of drug-likeness (QED) is 0.536. The van der Waals surface area contributed by atoms with Crippen molar-refractivity contribution >= 4 is 27.3 Å². The molecule has 156 valence electrons. The van der Waals surface area contributed by atoms with Crippen LogP contribution in [0.2, 0.25) is 0 Å². The summed E-state index contributed by atoms with van der Waals surface area (Å²) in [5, 5.41) is 1.59. The third-order valence-corrected chi connectivity index (χ3v) is 6.27. The van der Waals surface area contributed by atoms with E-state index in [0.29, 0.717) is 22.9 Å². The van der Waals surface area contributed by atoms with Crippen molar-refractivity contribution in [3.05, 3.63) is 48.5 Å². The van der Waals surface area contributed by atoms with Crippen molar-refractivity contribution in [1.82, 2.24) is 10.9 Å². The van der Waals surface area contributed by atoms with Gasteiger partial charge in [-0.05, 0) is 43.3 Å². The van der Waals surface area contributed by atoms with Gasteiger partial charge in [0.05, 0.1) is 25.8 Å². The zero-order chi connectivity index (χ0) is 21.0. The van der Waals surface area contributed by atoms with Crippen molar-refractivity contribution in [2.45, 2.75) is 18.3 Å². The Morgan fingerprint density at radius 3 is 2.34 bits per heavy atom. The van der Waals surface area contributed by atoms with Crippen LogP contribution < -0.4 is 30.4 Å². The molecule has 0 spiro atoms. The van der Waals surface area contributed by atoms with E-state index in [-0.39, 0.29) is 0 Å². The number of hydrogen-bond donors (Lipinski definition) is 4. The molecule has 1 amide bonds. The lowest BCUT2D eigenvalue weighted by Crippen LogP contribution is -2.45. The van der Waals surface area contributed by atoms with E-state index in [2.05, 4.69) is 20.9 Å². The molecule has 4 N–H and O–H groups in total. The van der Waals surface area contributed by atoms with E-state index >= 15 is 0 Å². The van der Waals surface area contributed by atoms with Gasteiger partial charge in [0.2, 0.25) is 5.91 Å². The fourth-order valence-corrected chi connectivity index (χ4v) is 4.70. The van der Waals surface area contributed by atoms with Crippen LogP contribution in [-0.2, 0) is 14.8 Å². The Morgan fingerprint density at radius 2 is 1.69 bits per heavy atom. The molecule has 3 atom stereocenters. The molecule has 0 bridgehead atoms. The number of hydrogen-bond acceptors (Lipinski definition) is 7. The molecule has 3 rings (SSSR count). The van der Waals surface area contributed by atoms with Crippen molar-refractivity contribution in [3.63, 3.8) is 0 Å². The Kier molecular flexibility index (Phi) is 6.26. The average Bonchev–Trinajstić information content (AvgIpc) is 3.11. The minimum absolute atomic E-state index is 0.371. The van der Waals surface area contributed by atoms with E-state index in [9.17, 15) is 13.2 Å². The summed E-state index contributed by atoms with van der Waals surface area (Å²) in [4.78, 5) is 12.9.